The molecule has 0 radical (unpaired) electrons. The van der Waals surface area contributed by atoms with E-state index >= 15 is 0 Å². The minimum absolute atomic E-state index is 0.159. The Bertz CT molecular complexity index is 484. The molecular weight excluding hydrogens is 248 g/mol. The SMILES string of the molecule is COc1ccc(C)cc1NC(=O)C(C)(C)C(N)=S. The number of anilines is 1. The van der Waals surface area contributed by atoms with E-state index in [1.165, 1.54) is 0 Å². The zero-order chi connectivity index (χ0) is 13.9. The van der Waals surface area contributed by atoms with E-state index in [1.807, 2.05) is 19.1 Å². The lowest BCUT2D eigenvalue weighted by Crippen LogP contribution is -2.41. The number of nitrogens with one attached hydrogen (secondary N) is 1. The van der Waals surface area contributed by atoms with Crippen LogP contribution in [0.1, 0.15) is 19.4 Å². The Kier molecular flexibility index (Phi) is 4.29. The molecule has 0 unspecified atom stereocenters. The quantitative estimate of drug-likeness (QED) is 0.820. The number of hydrogen-bond donors (Lipinski definition) is 2. The van der Waals surface area contributed by atoms with Crippen LogP contribution in [-0.2, 0) is 4.79 Å². The van der Waals surface area contributed by atoms with Gasteiger partial charge in [0, 0.05) is 0 Å². The lowest BCUT2D eigenvalue weighted by Gasteiger charge is -2.22. The van der Waals surface area contributed by atoms with Gasteiger partial charge < -0.3 is 15.8 Å². The highest BCUT2D eigenvalue weighted by molar-refractivity contribution is 7.80. The second-order valence-electron chi connectivity index (χ2n) is 4.65. The lowest BCUT2D eigenvalue weighted by molar-refractivity contribution is -0.121. The maximum atomic E-state index is 12.1. The summed E-state index contributed by atoms with van der Waals surface area (Å²) in [6.07, 6.45) is 0. The van der Waals surface area contributed by atoms with E-state index in [4.69, 9.17) is 22.7 Å². The van der Waals surface area contributed by atoms with Crippen molar-refractivity contribution in [2.24, 2.45) is 11.1 Å². The summed E-state index contributed by atoms with van der Waals surface area (Å²) in [7, 11) is 1.55. The highest BCUT2D eigenvalue weighted by Crippen LogP contribution is 2.27. The molecule has 18 heavy (non-hydrogen) atoms. The maximum Gasteiger partial charge on any atom is 0.236 e. The smallest absolute Gasteiger partial charge is 0.236 e. The summed E-state index contributed by atoms with van der Waals surface area (Å²) in [5.41, 5.74) is 6.31. The molecule has 0 aliphatic rings. The molecular formula is C13H18N2O2S. The van der Waals surface area contributed by atoms with Gasteiger partial charge in [-0.3, -0.25) is 4.79 Å². The number of aryl methyl sites for hydroxylation is 1. The number of carbonyl (C=O) groups excluding carboxylic acids is 1. The molecule has 0 aliphatic carbocycles. The van der Waals surface area contributed by atoms with Crippen molar-refractivity contribution in [3.8, 4) is 5.75 Å². The second-order valence-corrected chi connectivity index (χ2v) is 5.09. The highest BCUT2D eigenvalue weighted by Gasteiger charge is 2.31. The Labute approximate surface area is 113 Å². The van der Waals surface area contributed by atoms with Crippen molar-refractivity contribution >= 4 is 28.8 Å². The van der Waals surface area contributed by atoms with Crippen molar-refractivity contribution in [3.05, 3.63) is 23.8 Å². The molecule has 1 aromatic rings. The van der Waals surface area contributed by atoms with Crippen LogP contribution in [0.2, 0.25) is 0 Å². The molecule has 0 heterocycles. The van der Waals surface area contributed by atoms with Crippen LogP contribution < -0.4 is 15.8 Å². The van der Waals surface area contributed by atoms with Crippen molar-refractivity contribution < 1.29 is 9.53 Å². The minimum Gasteiger partial charge on any atom is -0.495 e. The zero-order valence-electron chi connectivity index (χ0n) is 11.0. The molecule has 0 saturated heterocycles. The summed E-state index contributed by atoms with van der Waals surface area (Å²) in [4.78, 5) is 12.3. The number of thiocarbonyl (C=S) groups is 1. The number of carbonyl (C=O) groups is 1. The maximum absolute atomic E-state index is 12.1. The highest BCUT2D eigenvalue weighted by atomic mass is 32.1. The average molecular weight is 266 g/mol. The first-order valence-electron chi connectivity index (χ1n) is 5.55. The number of rotatable bonds is 4. The van der Waals surface area contributed by atoms with Gasteiger partial charge in [0.2, 0.25) is 5.91 Å². The molecule has 0 aliphatic heterocycles. The molecule has 0 saturated carbocycles. The molecule has 3 N–H and O–H groups in total. The first kappa shape index (κ1) is 14.4. The fourth-order valence-electron chi connectivity index (χ4n) is 1.31. The third-order valence-electron chi connectivity index (χ3n) is 2.79. The van der Waals surface area contributed by atoms with Crippen LogP contribution in [-0.4, -0.2) is 18.0 Å². The van der Waals surface area contributed by atoms with E-state index in [-0.39, 0.29) is 10.9 Å². The van der Waals surface area contributed by atoms with E-state index < -0.39 is 5.41 Å². The Morgan fingerprint density at radius 2 is 2.06 bits per heavy atom. The molecule has 0 bridgehead atoms. The molecule has 0 atom stereocenters. The first-order valence-corrected chi connectivity index (χ1v) is 5.96. The molecule has 0 aromatic heterocycles. The van der Waals surface area contributed by atoms with Crippen LogP contribution in [0.3, 0.4) is 0 Å². The molecule has 1 amide bonds. The Morgan fingerprint density at radius 1 is 1.44 bits per heavy atom. The Balaban J connectivity index is 3.01. The van der Waals surface area contributed by atoms with Gasteiger partial charge in [-0.2, -0.15) is 0 Å². The number of hydrogen-bond acceptors (Lipinski definition) is 3. The summed E-state index contributed by atoms with van der Waals surface area (Å²) in [5, 5.41) is 2.79. The van der Waals surface area contributed by atoms with Gasteiger partial charge in [-0.25, -0.2) is 0 Å². The molecule has 98 valence electrons. The fraction of sp³-hybridized carbons (Fsp3) is 0.385. The van der Waals surface area contributed by atoms with E-state index in [0.717, 1.165) is 5.56 Å². The van der Waals surface area contributed by atoms with Gasteiger partial charge in [0.15, 0.2) is 0 Å². The van der Waals surface area contributed by atoms with Crippen molar-refractivity contribution in [1.29, 1.82) is 0 Å². The van der Waals surface area contributed by atoms with E-state index in [9.17, 15) is 4.79 Å². The number of benzene rings is 1. The molecule has 0 fully saturated rings. The summed E-state index contributed by atoms with van der Waals surface area (Å²) in [6.45, 7) is 5.31. The predicted molar refractivity (Wildman–Crippen MR) is 76.9 cm³/mol. The number of methoxy groups -OCH3 is 1. The van der Waals surface area contributed by atoms with Crippen LogP contribution in [0.15, 0.2) is 18.2 Å². The van der Waals surface area contributed by atoms with Gasteiger partial charge in [-0.1, -0.05) is 18.3 Å². The van der Waals surface area contributed by atoms with Crippen molar-refractivity contribution in [2.75, 3.05) is 12.4 Å². The topological polar surface area (TPSA) is 64.3 Å². The van der Waals surface area contributed by atoms with Crippen LogP contribution in [0.4, 0.5) is 5.69 Å². The molecule has 0 spiro atoms. The average Bonchev–Trinajstić information content (AvgIpc) is 2.29. The van der Waals surface area contributed by atoms with Crippen LogP contribution >= 0.6 is 12.2 Å². The normalized spacial score (nSPS) is 10.9. The Hall–Kier alpha value is -1.62. The third kappa shape index (κ3) is 2.98. The predicted octanol–water partition coefficient (Wildman–Crippen LogP) is 2.25. The van der Waals surface area contributed by atoms with Gasteiger partial charge in [0.25, 0.3) is 0 Å². The first-order chi connectivity index (χ1) is 8.28. The molecule has 1 rings (SSSR count). The lowest BCUT2D eigenvalue weighted by atomic mass is 9.92. The third-order valence-corrected chi connectivity index (χ3v) is 3.30. The van der Waals surface area contributed by atoms with Gasteiger partial charge >= 0.3 is 0 Å². The fourth-order valence-corrected chi connectivity index (χ4v) is 1.40. The van der Waals surface area contributed by atoms with Crippen molar-refractivity contribution in [2.45, 2.75) is 20.8 Å². The van der Waals surface area contributed by atoms with Crippen LogP contribution in [0.5, 0.6) is 5.75 Å². The minimum atomic E-state index is -0.899. The van der Waals surface area contributed by atoms with Crippen molar-refractivity contribution in [3.63, 3.8) is 0 Å². The monoisotopic (exact) mass is 266 g/mol. The number of ether oxygens (including phenoxy) is 1. The van der Waals surface area contributed by atoms with Crippen LogP contribution in [0.25, 0.3) is 0 Å². The number of amides is 1. The van der Waals surface area contributed by atoms with E-state index in [0.29, 0.717) is 11.4 Å². The summed E-state index contributed by atoms with van der Waals surface area (Å²) < 4.78 is 5.20. The van der Waals surface area contributed by atoms with Gasteiger partial charge in [0.1, 0.15) is 5.75 Å². The largest absolute Gasteiger partial charge is 0.495 e. The van der Waals surface area contributed by atoms with Gasteiger partial charge in [-0.05, 0) is 38.5 Å². The summed E-state index contributed by atoms with van der Waals surface area (Å²) in [6, 6.07) is 5.55. The summed E-state index contributed by atoms with van der Waals surface area (Å²) >= 11 is 4.90. The molecule has 4 nitrogen and oxygen atoms in total. The second kappa shape index (κ2) is 5.35. The van der Waals surface area contributed by atoms with Crippen molar-refractivity contribution in [1.82, 2.24) is 0 Å². The van der Waals surface area contributed by atoms with Gasteiger partial charge in [-0.15, -0.1) is 0 Å². The number of nitrogens with two attached hydrogens (primary N) is 1. The zero-order valence-corrected chi connectivity index (χ0v) is 11.9. The van der Waals surface area contributed by atoms with Crippen LogP contribution in [0, 0.1) is 12.3 Å². The standard InChI is InChI=1S/C13H18N2O2S/c1-8-5-6-10(17-4)9(7-8)15-12(16)13(2,3)11(14)18/h5-7H,1-4H3,(H2,14,18)(H,15,16). The van der Waals surface area contributed by atoms with E-state index in [2.05, 4.69) is 5.32 Å². The molecule has 1 aromatic carbocycles. The Morgan fingerprint density at radius 3 is 2.56 bits per heavy atom. The molecule has 5 heteroatoms. The summed E-state index contributed by atoms with van der Waals surface area (Å²) in [5.74, 6) is 0.353. The van der Waals surface area contributed by atoms with Gasteiger partial charge in [0.05, 0.1) is 23.2 Å². The van der Waals surface area contributed by atoms with E-state index in [1.54, 1.807) is 27.0 Å².